The van der Waals surface area contributed by atoms with Crippen molar-refractivity contribution in [2.45, 2.75) is 6.61 Å². The van der Waals surface area contributed by atoms with Gasteiger partial charge >= 0.3 is 0 Å². The summed E-state index contributed by atoms with van der Waals surface area (Å²) in [5, 5.41) is 8.41. The van der Waals surface area contributed by atoms with Crippen LogP contribution in [0.1, 0.15) is 11.1 Å². The minimum absolute atomic E-state index is 0.339. The van der Waals surface area contributed by atoms with Crippen LogP contribution >= 0.6 is 35.4 Å². The Morgan fingerprint density at radius 2 is 2.00 bits per heavy atom. The van der Waals surface area contributed by atoms with Gasteiger partial charge in [-0.15, -0.1) is 6.58 Å². The number of ether oxygens (including phenoxy) is 2. The van der Waals surface area contributed by atoms with Crippen molar-refractivity contribution in [3.63, 3.8) is 0 Å². The molecule has 2 aromatic carbocycles. The maximum absolute atomic E-state index is 6.02. The lowest BCUT2D eigenvalue weighted by atomic mass is 10.2. The Kier molecular flexibility index (Phi) is 8.39. The average Bonchev–Trinajstić information content (AvgIpc) is 2.67. The van der Waals surface area contributed by atoms with Gasteiger partial charge in [-0.1, -0.05) is 35.3 Å². The number of hydrazone groups is 1. The zero-order valence-corrected chi connectivity index (χ0v) is 17.0. The second-order valence-electron chi connectivity index (χ2n) is 5.32. The van der Waals surface area contributed by atoms with Gasteiger partial charge < -0.3 is 14.8 Å². The molecule has 27 heavy (non-hydrogen) atoms. The van der Waals surface area contributed by atoms with E-state index in [1.54, 1.807) is 31.5 Å². The van der Waals surface area contributed by atoms with E-state index in [-0.39, 0.29) is 0 Å². The molecule has 2 aromatic rings. The molecule has 0 spiro atoms. The van der Waals surface area contributed by atoms with Gasteiger partial charge in [0, 0.05) is 6.54 Å². The molecule has 0 bridgehead atoms. The largest absolute Gasteiger partial charge is 0.493 e. The minimum Gasteiger partial charge on any atom is -0.493 e. The lowest BCUT2D eigenvalue weighted by Gasteiger charge is -2.12. The minimum atomic E-state index is 0.339. The Balaban J connectivity index is 1.99. The van der Waals surface area contributed by atoms with Crippen molar-refractivity contribution in [2.24, 2.45) is 5.10 Å². The van der Waals surface area contributed by atoms with Gasteiger partial charge in [-0.05, 0) is 53.7 Å². The summed E-state index contributed by atoms with van der Waals surface area (Å²) in [6.45, 7) is 4.51. The van der Waals surface area contributed by atoms with Crippen molar-refractivity contribution < 1.29 is 9.47 Å². The summed E-state index contributed by atoms with van der Waals surface area (Å²) in [7, 11) is 1.58. The number of hydrogen-bond acceptors (Lipinski definition) is 4. The molecular weight excluding hydrogens is 405 g/mol. The third kappa shape index (κ3) is 6.75. The van der Waals surface area contributed by atoms with Crippen molar-refractivity contribution >= 4 is 46.7 Å². The summed E-state index contributed by atoms with van der Waals surface area (Å²) in [5.74, 6) is 1.20. The number of nitrogens with one attached hydrogen (secondary N) is 2. The Hall–Kier alpha value is -2.28. The third-order valence-corrected chi connectivity index (χ3v) is 4.33. The van der Waals surface area contributed by atoms with Crippen LogP contribution in [0.25, 0.3) is 0 Å². The predicted octanol–water partition coefficient (Wildman–Crippen LogP) is 4.57. The van der Waals surface area contributed by atoms with Crippen LogP contribution < -0.4 is 20.2 Å². The molecule has 0 aliphatic heterocycles. The average molecular weight is 424 g/mol. The number of benzene rings is 2. The van der Waals surface area contributed by atoms with Crippen molar-refractivity contribution in [2.75, 3.05) is 13.7 Å². The van der Waals surface area contributed by atoms with E-state index in [4.69, 9.17) is 44.9 Å². The normalized spacial score (nSPS) is 10.5. The molecule has 5 nitrogen and oxygen atoms in total. The van der Waals surface area contributed by atoms with E-state index in [0.717, 1.165) is 11.1 Å². The van der Waals surface area contributed by atoms with Crippen molar-refractivity contribution in [3.05, 3.63) is 70.2 Å². The van der Waals surface area contributed by atoms with E-state index in [9.17, 15) is 0 Å². The first-order chi connectivity index (χ1) is 13.0. The van der Waals surface area contributed by atoms with Crippen molar-refractivity contribution in [3.8, 4) is 11.5 Å². The van der Waals surface area contributed by atoms with Crippen molar-refractivity contribution in [1.82, 2.24) is 10.7 Å². The highest BCUT2D eigenvalue weighted by Gasteiger charge is 2.07. The molecular formula is C19H19Cl2N3O2S. The molecule has 0 atom stereocenters. The molecule has 0 aliphatic rings. The number of halogens is 2. The summed E-state index contributed by atoms with van der Waals surface area (Å²) in [5.41, 5.74) is 4.45. The summed E-state index contributed by atoms with van der Waals surface area (Å²) in [4.78, 5) is 0. The van der Waals surface area contributed by atoms with E-state index in [1.165, 1.54) is 0 Å². The zero-order valence-electron chi connectivity index (χ0n) is 14.7. The monoisotopic (exact) mass is 423 g/mol. The maximum atomic E-state index is 6.02. The Morgan fingerprint density at radius 1 is 1.19 bits per heavy atom. The van der Waals surface area contributed by atoms with Crippen LogP contribution in [0.5, 0.6) is 11.5 Å². The highest BCUT2D eigenvalue weighted by atomic mass is 35.5. The summed E-state index contributed by atoms with van der Waals surface area (Å²) >= 11 is 17.0. The van der Waals surface area contributed by atoms with Crippen LogP contribution in [0.2, 0.25) is 10.0 Å². The van der Waals surface area contributed by atoms with Gasteiger partial charge in [0.25, 0.3) is 0 Å². The van der Waals surface area contributed by atoms with Crippen LogP contribution in [0.15, 0.2) is 54.2 Å². The SMILES string of the molecule is C=CCNC(=S)N/N=C/c1ccc(OCc2ccc(Cl)c(Cl)c2)c(OC)c1. The smallest absolute Gasteiger partial charge is 0.187 e. The lowest BCUT2D eigenvalue weighted by molar-refractivity contribution is 0.284. The van der Waals surface area contributed by atoms with Gasteiger partial charge in [0.1, 0.15) is 6.61 Å². The molecule has 0 heterocycles. The highest BCUT2D eigenvalue weighted by molar-refractivity contribution is 7.80. The standard InChI is InChI=1S/C19H19Cl2N3O2S/c1-3-8-22-19(27)24-23-11-13-5-7-17(18(10-13)25-2)26-12-14-4-6-15(20)16(21)9-14/h3-7,9-11H,1,8,12H2,2H3,(H2,22,24,27)/b23-11+. The maximum Gasteiger partial charge on any atom is 0.187 e. The molecule has 0 unspecified atom stereocenters. The second-order valence-corrected chi connectivity index (χ2v) is 6.54. The number of methoxy groups -OCH3 is 1. The first kappa shape index (κ1) is 21.0. The molecule has 0 fully saturated rings. The molecule has 2 N–H and O–H groups in total. The van der Waals surface area contributed by atoms with E-state index in [2.05, 4.69) is 22.4 Å². The molecule has 0 amide bonds. The van der Waals surface area contributed by atoms with E-state index < -0.39 is 0 Å². The van der Waals surface area contributed by atoms with Crippen LogP contribution in [0.4, 0.5) is 0 Å². The van der Waals surface area contributed by atoms with Crippen LogP contribution in [0, 0.1) is 0 Å². The zero-order chi connectivity index (χ0) is 19.6. The quantitative estimate of drug-likeness (QED) is 0.282. The van der Waals surface area contributed by atoms with Crippen LogP contribution in [-0.4, -0.2) is 25.0 Å². The van der Waals surface area contributed by atoms with E-state index in [1.807, 2.05) is 24.3 Å². The van der Waals surface area contributed by atoms with E-state index >= 15 is 0 Å². The predicted molar refractivity (Wildman–Crippen MR) is 115 cm³/mol. The molecule has 0 radical (unpaired) electrons. The number of hydrogen-bond donors (Lipinski definition) is 2. The summed E-state index contributed by atoms with van der Waals surface area (Å²) in [6.07, 6.45) is 3.34. The Bertz CT molecular complexity index is 844. The second kappa shape index (κ2) is 10.8. The third-order valence-electron chi connectivity index (χ3n) is 3.35. The Labute approximate surface area is 174 Å². The van der Waals surface area contributed by atoms with Gasteiger partial charge in [0.2, 0.25) is 0 Å². The molecule has 0 saturated heterocycles. The highest BCUT2D eigenvalue weighted by Crippen LogP contribution is 2.29. The van der Waals surface area contributed by atoms with Gasteiger partial charge in [0.05, 0.1) is 23.4 Å². The van der Waals surface area contributed by atoms with Gasteiger partial charge in [-0.2, -0.15) is 5.10 Å². The number of rotatable bonds is 8. The van der Waals surface area contributed by atoms with Gasteiger partial charge in [-0.25, -0.2) is 0 Å². The number of nitrogens with zero attached hydrogens (tertiary/aromatic N) is 1. The van der Waals surface area contributed by atoms with Gasteiger partial charge in [-0.3, -0.25) is 5.43 Å². The fourth-order valence-electron chi connectivity index (χ4n) is 2.04. The molecule has 0 aliphatic carbocycles. The molecule has 2 rings (SSSR count). The first-order valence-corrected chi connectivity index (χ1v) is 9.12. The Morgan fingerprint density at radius 3 is 2.70 bits per heavy atom. The molecule has 0 aromatic heterocycles. The summed E-state index contributed by atoms with van der Waals surface area (Å²) < 4.78 is 11.2. The first-order valence-electron chi connectivity index (χ1n) is 7.96. The lowest BCUT2D eigenvalue weighted by Crippen LogP contribution is -2.31. The van der Waals surface area contributed by atoms with Crippen LogP contribution in [0.3, 0.4) is 0 Å². The topological polar surface area (TPSA) is 54.9 Å². The molecule has 8 heteroatoms. The number of thiocarbonyl (C=S) groups is 1. The fraction of sp³-hybridized carbons (Fsp3) is 0.158. The van der Waals surface area contributed by atoms with Crippen molar-refractivity contribution in [1.29, 1.82) is 0 Å². The van der Waals surface area contributed by atoms with E-state index in [0.29, 0.717) is 39.8 Å². The molecule has 0 saturated carbocycles. The fourth-order valence-corrected chi connectivity index (χ4v) is 2.50. The van der Waals surface area contributed by atoms with Gasteiger partial charge in [0.15, 0.2) is 16.6 Å². The van der Waals surface area contributed by atoms with Crippen LogP contribution in [-0.2, 0) is 6.61 Å². The molecule has 142 valence electrons. The summed E-state index contributed by atoms with van der Waals surface area (Å²) in [6, 6.07) is 10.9.